The number of carbonyl (C=O) groups excluding carboxylic acids is 1. The molecule has 180 valence electrons. The van der Waals surface area contributed by atoms with Crippen LogP contribution in [0, 0.1) is 5.92 Å². The number of aliphatic imine (C=N–C) groups is 1. The van der Waals surface area contributed by atoms with Gasteiger partial charge in [-0.25, -0.2) is 0 Å². The molecule has 1 atom stereocenters. The minimum atomic E-state index is 0. The SMILES string of the molecule is CCNC(=NCCc1cccc(C(=O)N(C)C)c1)N1CCC(COCc2ccccc2)C1.I. The summed E-state index contributed by atoms with van der Waals surface area (Å²) in [5.74, 6) is 1.52. The Bertz CT molecular complexity index is 889. The van der Waals surface area contributed by atoms with Gasteiger partial charge in [-0.1, -0.05) is 42.5 Å². The first kappa shape index (κ1) is 27.1. The number of likely N-dealkylation sites (tertiary alicyclic amines) is 1. The molecule has 1 amide bonds. The highest BCUT2D eigenvalue weighted by atomic mass is 127. The second kappa shape index (κ2) is 14.2. The van der Waals surface area contributed by atoms with Crippen molar-refractivity contribution < 1.29 is 9.53 Å². The lowest BCUT2D eigenvalue weighted by atomic mass is 10.1. The molecule has 1 N–H and O–H groups in total. The minimum Gasteiger partial charge on any atom is -0.376 e. The molecule has 0 radical (unpaired) electrons. The van der Waals surface area contributed by atoms with E-state index in [0.717, 1.165) is 56.2 Å². The quantitative estimate of drug-likeness (QED) is 0.284. The topological polar surface area (TPSA) is 57.2 Å². The van der Waals surface area contributed by atoms with Crippen molar-refractivity contribution in [3.63, 3.8) is 0 Å². The van der Waals surface area contributed by atoms with Gasteiger partial charge in [-0.15, -0.1) is 24.0 Å². The molecule has 2 aromatic carbocycles. The summed E-state index contributed by atoms with van der Waals surface area (Å²) in [5, 5.41) is 3.43. The van der Waals surface area contributed by atoms with E-state index in [0.29, 0.717) is 19.1 Å². The fourth-order valence-electron chi connectivity index (χ4n) is 3.91. The Morgan fingerprint density at radius 2 is 1.91 bits per heavy atom. The van der Waals surface area contributed by atoms with Crippen molar-refractivity contribution >= 4 is 35.8 Å². The predicted octanol–water partition coefficient (Wildman–Crippen LogP) is 4.05. The van der Waals surface area contributed by atoms with Crippen LogP contribution in [0.15, 0.2) is 59.6 Å². The summed E-state index contributed by atoms with van der Waals surface area (Å²) < 4.78 is 5.96. The summed E-state index contributed by atoms with van der Waals surface area (Å²) in [6.07, 6.45) is 1.93. The molecule has 33 heavy (non-hydrogen) atoms. The van der Waals surface area contributed by atoms with Crippen LogP contribution in [-0.4, -0.2) is 68.5 Å². The van der Waals surface area contributed by atoms with Crippen molar-refractivity contribution in [2.24, 2.45) is 10.9 Å². The number of hydrogen-bond acceptors (Lipinski definition) is 3. The number of halogens is 1. The van der Waals surface area contributed by atoms with Crippen LogP contribution in [0.2, 0.25) is 0 Å². The van der Waals surface area contributed by atoms with Crippen LogP contribution in [0.25, 0.3) is 0 Å². The van der Waals surface area contributed by atoms with Crippen molar-refractivity contribution in [2.75, 3.05) is 46.9 Å². The zero-order chi connectivity index (χ0) is 22.8. The van der Waals surface area contributed by atoms with E-state index in [4.69, 9.17) is 9.73 Å². The Morgan fingerprint density at radius 3 is 2.64 bits per heavy atom. The summed E-state index contributed by atoms with van der Waals surface area (Å²) in [6, 6.07) is 18.2. The highest BCUT2D eigenvalue weighted by Gasteiger charge is 2.25. The molecule has 1 aliphatic rings. The number of hydrogen-bond donors (Lipinski definition) is 1. The summed E-state index contributed by atoms with van der Waals surface area (Å²) in [5.41, 5.74) is 3.07. The monoisotopic (exact) mass is 564 g/mol. The maximum atomic E-state index is 12.2. The summed E-state index contributed by atoms with van der Waals surface area (Å²) in [4.78, 5) is 21.0. The molecular weight excluding hydrogens is 527 g/mol. The molecule has 3 rings (SSSR count). The van der Waals surface area contributed by atoms with Gasteiger partial charge in [-0.2, -0.15) is 0 Å². The number of guanidine groups is 1. The van der Waals surface area contributed by atoms with Gasteiger partial charge in [0.25, 0.3) is 5.91 Å². The molecule has 0 bridgehead atoms. The number of nitrogens with one attached hydrogen (secondary N) is 1. The van der Waals surface area contributed by atoms with E-state index in [2.05, 4.69) is 35.3 Å². The summed E-state index contributed by atoms with van der Waals surface area (Å²) in [7, 11) is 3.55. The Kier molecular flexibility index (Phi) is 11.7. The number of benzene rings is 2. The van der Waals surface area contributed by atoms with Crippen LogP contribution in [0.3, 0.4) is 0 Å². The highest BCUT2D eigenvalue weighted by molar-refractivity contribution is 14.0. The Balaban J connectivity index is 0.00000385. The first-order chi connectivity index (χ1) is 15.6. The van der Waals surface area contributed by atoms with E-state index >= 15 is 0 Å². The first-order valence-electron chi connectivity index (χ1n) is 11.5. The lowest BCUT2D eigenvalue weighted by Crippen LogP contribution is -2.40. The van der Waals surface area contributed by atoms with Crippen LogP contribution in [-0.2, 0) is 17.8 Å². The molecule has 6 nitrogen and oxygen atoms in total. The van der Waals surface area contributed by atoms with Gasteiger partial charge in [0.05, 0.1) is 13.2 Å². The normalized spacial score (nSPS) is 15.8. The molecule has 0 aliphatic carbocycles. The molecule has 1 saturated heterocycles. The van der Waals surface area contributed by atoms with Crippen LogP contribution in [0.5, 0.6) is 0 Å². The molecule has 1 unspecified atom stereocenters. The van der Waals surface area contributed by atoms with Gasteiger partial charge in [0.15, 0.2) is 5.96 Å². The van der Waals surface area contributed by atoms with Gasteiger partial charge in [-0.3, -0.25) is 9.79 Å². The Labute approximate surface area is 215 Å². The van der Waals surface area contributed by atoms with Crippen LogP contribution in [0.1, 0.15) is 34.8 Å². The number of amides is 1. The van der Waals surface area contributed by atoms with Crippen LogP contribution < -0.4 is 5.32 Å². The zero-order valence-corrected chi connectivity index (χ0v) is 22.3. The van der Waals surface area contributed by atoms with Crippen molar-refractivity contribution in [2.45, 2.75) is 26.4 Å². The summed E-state index contributed by atoms with van der Waals surface area (Å²) >= 11 is 0. The minimum absolute atomic E-state index is 0. The third-order valence-corrected chi connectivity index (χ3v) is 5.63. The lowest BCUT2D eigenvalue weighted by molar-refractivity contribution is 0.0827. The van der Waals surface area contributed by atoms with Gasteiger partial charge >= 0.3 is 0 Å². The smallest absolute Gasteiger partial charge is 0.253 e. The van der Waals surface area contributed by atoms with Gasteiger partial charge < -0.3 is 19.9 Å². The van der Waals surface area contributed by atoms with Crippen molar-refractivity contribution in [3.05, 3.63) is 71.3 Å². The molecule has 0 spiro atoms. The van der Waals surface area contributed by atoms with Crippen molar-refractivity contribution in [1.29, 1.82) is 0 Å². The van der Waals surface area contributed by atoms with Gasteiger partial charge in [0, 0.05) is 51.8 Å². The lowest BCUT2D eigenvalue weighted by Gasteiger charge is -2.21. The van der Waals surface area contributed by atoms with E-state index in [-0.39, 0.29) is 29.9 Å². The van der Waals surface area contributed by atoms with E-state index in [9.17, 15) is 4.79 Å². The number of carbonyl (C=O) groups is 1. The van der Waals surface area contributed by atoms with Crippen molar-refractivity contribution in [3.8, 4) is 0 Å². The Hall–Kier alpha value is -2.13. The maximum Gasteiger partial charge on any atom is 0.253 e. The average molecular weight is 565 g/mol. The largest absolute Gasteiger partial charge is 0.376 e. The maximum absolute atomic E-state index is 12.2. The number of nitrogens with zero attached hydrogens (tertiary/aromatic N) is 3. The van der Waals surface area contributed by atoms with Crippen LogP contribution >= 0.6 is 24.0 Å². The van der Waals surface area contributed by atoms with E-state index in [1.807, 2.05) is 36.4 Å². The van der Waals surface area contributed by atoms with Gasteiger partial charge in [-0.05, 0) is 43.0 Å². The van der Waals surface area contributed by atoms with E-state index in [1.165, 1.54) is 5.56 Å². The Morgan fingerprint density at radius 1 is 1.15 bits per heavy atom. The number of rotatable bonds is 9. The van der Waals surface area contributed by atoms with Crippen molar-refractivity contribution in [1.82, 2.24) is 15.1 Å². The molecule has 0 aromatic heterocycles. The standard InChI is InChI=1S/C26H36N4O2.HI/c1-4-27-26(28-15-13-21-11-8-12-24(17-21)25(31)29(2)3)30-16-14-23(18-30)20-32-19-22-9-6-5-7-10-22;/h5-12,17,23H,4,13-16,18-20H2,1-3H3,(H,27,28);1H. The molecule has 7 heteroatoms. The van der Waals surface area contributed by atoms with E-state index in [1.54, 1.807) is 19.0 Å². The molecular formula is C26H37IN4O2. The highest BCUT2D eigenvalue weighted by Crippen LogP contribution is 2.17. The fraction of sp³-hybridized carbons (Fsp3) is 0.462. The molecule has 0 saturated carbocycles. The number of ether oxygens (including phenoxy) is 1. The van der Waals surface area contributed by atoms with Gasteiger partial charge in [0.2, 0.25) is 0 Å². The molecule has 1 aliphatic heterocycles. The fourth-order valence-corrected chi connectivity index (χ4v) is 3.91. The molecule has 1 fully saturated rings. The molecule has 1 heterocycles. The van der Waals surface area contributed by atoms with E-state index < -0.39 is 0 Å². The third kappa shape index (κ3) is 8.62. The first-order valence-corrected chi connectivity index (χ1v) is 11.5. The predicted molar refractivity (Wildman–Crippen MR) is 145 cm³/mol. The average Bonchev–Trinajstić information content (AvgIpc) is 3.27. The second-order valence-electron chi connectivity index (χ2n) is 8.49. The molecule has 2 aromatic rings. The van der Waals surface area contributed by atoms with Crippen LogP contribution in [0.4, 0.5) is 0 Å². The second-order valence-corrected chi connectivity index (χ2v) is 8.49. The zero-order valence-electron chi connectivity index (χ0n) is 20.0. The van der Waals surface area contributed by atoms with Gasteiger partial charge in [0.1, 0.15) is 0 Å². The summed E-state index contributed by atoms with van der Waals surface area (Å²) in [6.45, 7) is 7.04. The third-order valence-electron chi connectivity index (χ3n) is 5.63.